The summed E-state index contributed by atoms with van der Waals surface area (Å²) in [6.07, 6.45) is 0. The Morgan fingerprint density at radius 1 is 0.895 bits per heavy atom. The second-order valence-electron chi connectivity index (χ2n) is 4.26. The maximum Gasteiger partial charge on any atom is 0.135 e. The molecule has 2 N–H and O–H groups in total. The zero-order chi connectivity index (χ0) is 13.2. The molecule has 0 saturated carbocycles. The van der Waals surface area contributed by atoms with Crippen molar-refractivity contribution in [2.75, 3.05) is 5.73 Å². The number of nitrogen functional groups attached to an aromatic ring is 1. The van der Waals surface area contributed by atoms with Crippen LogP contribution in [0.3, 0.4) is 0 Å². The highest BCUT2D eigenvalue weighted by molar-refractivity contribution is 6.33. The van der Waals surface area contributed by atoms with E-state index >= 15 is 0 Å². The second kappa shape index (κ2) is 4.82. The van der Waals surface area contributed by atoms with Crippen LogP contribution in [0.2, 0.25) is 5.02 Å². The number of rotatable bonds is 2. The van der Waals surface area contributed by atoms with Crippen molar-refractivity contribution in [3.8, 4) is 11.5 Å². The molecule has 0 aromatic heterocycles. The Morgan fingerprint density at radius 3 is 2.53 bits per heavy atom. The highest BCUT2D eigenvalue weighted by Crippen LogP contribution is 2.32. The van der Waals surface area contributed by atoms with Gasteiger partial charge in [0.1, 0.15) is 11.5 Å². The first-order chi connectivity index (χ1) is 9.24. The summed E-state index contributed by atoms with van der Waals surface area (Å²) in [6, 6.07) is 19.3. The molecule has 0 saturated heterocycles. The van der Waals surface area contributed by atoms with Crippen LogP contribution in [0.5, 0.6) is 11.5 Å². The molecule has 0 spiro atoms. The van der Waals surface area contributed by atoms with Crippen LogP contribution >= 0.6 is 11.6 Å². The molecule has 0 aliphatic rings. The van der Waals surface area contributed by atoms with Gasteiger partial charge in [-0.05, 0) is 23.6 Å². The third kappa shape index (κ3) is 2.35. The number of hydrogen-bond donors (Lipinski definition) is 1. The highest BCUT2D eigenvalue weighted by Gasteiger charge is 2.04. The summed E-state index contributed by atoms with van der Waals surface area (Å²) in [5, 5.41) is 2.71. The SMILES string of the molecule is Nc1ccc(Oc2cccc3ccccc23)cc1Cl. The van der Waals surface area contributed by atoms with E-state index in [4.69, 9.17) is 22.1 Å². The lowest BCUT2D eigenvalue weighted by Crippen LogP contribution is -1.89. The lowest BCUT2D eigenvalue weighted by molar-refractivity contribution is 0.488. The van der Waals surface area contributed by atoms with Gasteiger partial charge in [-0.25, -0.2) is 0 Å². The molecule has 0 amide bonds. The van der Waals surface area contributed by atoms with E-state index < -0.39 is 0 Å². The smallest absolute Gasteiger partial charge is 0.135 e. The van der Waals surface area contributed by atoms with Crippen LogP contribution in [-0.2, 0) is 0 Å². The molecule has 0 aliphatic heterocycles. The van der Waals surface area contributed by atoms with Gasteiger partial charge in [-0.2, -0.15) is 0 Å². The van der Waals surface area contributed by atoms with Gasteiger partial charge in [0.05, 0.1) is 10.7 Å². The van der Waals surface area contributed by atoms with Gasteiger partial charge >= 0.3 is 0 Å². The Morgan fingerprint density at radius 2 is 1.68 bits per heavy atom. The van der Waals surface area contributed by atoms with Crippen LogP contribution < -0.4 is 10.5 Å². The second-order valence-corrected chi connectivity index (χ2v) is 4.67. The Kier molecular flexibility index (Phi) is 3.02. The Balaban J connectivity index is 2.03. The summed E-state index contributed by atoms with van der Waals surface area (Å²) in [7, 11) is 0. The maximum atomic E-state index is 5.99. The van der Waals surface area contributed by atoms with Crippen LogP contribution in [0.4, 0.5) is 5.69 Å². The first-order valence-electron chi connectivity index (χ1n) is 5.95. The Labute approximate surface area is 116 Å². The average molecular weight is 270 g/mol. The van der Waals surface area contributed by atoms with Gasteiger partial charge in [0, 0.05) is 11.5 Å². The largest absolute Gasteiger partial charge is 0.457 e. The van der Waals surface area contributed by atoms with E-state index in [1.54, 1.807) is 12.1 Å². The first-order valence-corrected chi connectivity index (χ1v) is 6.32. The van der Waals surface area contributed by atoms with Crippen LogP contribution in [-0.4, -0.2) is 0 Å². The fourth-order valence-electron chi connectivity index (χ4n) is 1.98. The molecule has 19 heavy (non-hydrogen) atoms. The van der Waals surface area contributed by atoms with E-state index in [2.05, 4.69) is 12.1 Å². The molecule has 0 heterocycles. The molecule has 0 unspecified atom stereocenters. The maximum absolute atomic E-state index is 5.99. The minimum Gasteiger partial charge on any atom is -0.457 e. The fourth-order valence-corrected chi connectivity index (χ4v) is 2.15. The van der Waals surface area contributed by atoms with E-state index in [0.717, 1.165) is 16.5 Å². The third-order valence-electron chi connectivity index (χ3n) is 2.95. The van der Waals surface area contributed by atoms with Gasteiger partial charge in [0.2, 0.25) is 0 Å². The zero-order valence-electron chi connectivity index (χ0n) is 10.1. The van der Waals surface area contributed by atoms with Gasteiger partial charge in [-0.15, -0.1) is 0 Å². The normalized spacial score (nSPS) is 10.6. The summed E-state index contributed by atoms with van der Waals surface area (Å²) in [5.41, 5.74) is 6.23. The van der Waals surface area contributed by atoms with Gasteiger partial charge in [0.15, 0.2) is 0 Å². The van der Waals surface area contributed by atoms with Gasteiger partial charge in [-0.1, -0.05) is 48.0 Å². The predicted octanol–water partition coefficient (Wildman–Crippen LogP) is 4.87. The van der Waals surface area contributed by atoms with Crippen molar-refractivity contribution in [3.63, 3.8) is 0 Å². The molecule has 3 aromatic carbocycles. The first kappa shape index (κ1) is 11.9. The number of fused-ring (bicyclic) bond motifs is 1. The van der Waals surface area contributed by atoms with Crippen molar-refractivity contribution in [3.05, 3.63) is 65.7 Å². The Bertz CT molecular complexity index is 734. The Hall–Kier alpha value is -2.19. The highest BCUT2D eigenvalue weighted by atomic mass is 35.5. The van der Waals surface area contributed by atoms with Crippen LogP contribution in [0.15, 0.2) is 60.7 Å². The molecule has 0 fully saturated rings. The topological polar surface area (TPSA) is 35.2 Å². The molecular formula is C16H12ClNO. The van der Waals surface area contributed by atoms with E-state index in [-0.39, 0.29) is 0 Å². The minimum atomic E-state index is 0.498. The third-order valence-corrected chi connectivity index (χ3v) is 3.28. The van der Waals surface area contributed by atoms with Crippen LogP contribution in [0, 0.1) is 0 Å². The van der Waals surface area contributed by atoms with Crippen molar-refractivity contribution in [2.45, 2.75) is 0 Å². The van der Waals surface area contributed by atoms with Crippen molar-refractivity contribution >= 4 is 28.1 Å². The summed E-state index contributed by atoms with van der Waals surface area (Å²) < 4.78 is 5.89. The number of anilines is 1. The van der Waals surface area contributed by atoms with Crippen molar-refractivity contribution in [2.24, 2.45) is 0 Å². The molecule has 0 bridgehead atoms. The number of halogens is 1. The summed E-state index contributed by atoms with van der Waals surface area (Å²) in [4.78, 5) is 0. The predicted molar refractivity (Wildman–Crippen MR) is 79.9 cm³/mol. The quantitative estimate of drug-likeness (QED) is 0.674. The molecular weight excluding hydrogens is 258 g/mol. The monoisotopic (exact) mass is 269 g/mol. The van der Waals surface area contributed by atoms with E-state index in [1.807, 2.05) is 36.4 Å². The average Bonchev–Trinajstić information content (AvgIpc) is 2.43. The fraction of sp³-hybridized carbons (Fsp3) is 0. The molecule has 2 nitrogen and oxygen atoms in total. The van der Waals surface area contributed by atoms with Gasteiger partial charge in [0.25, 0.3) is 0 Å². The summed E-state index contributed by atoms with van der Waals surface area (Å²) in [6.45, 7) is 0. The van der Waals surface area contributed by atoms with Crippen molar-refractivity contribution in [1.82, 2.24) is 0 Å². The molecule has 0 aliphatic carbocycles. The van der Waals surface area contributed by atoms with E-state index in [1.165, 1.54) is 0 Å². The molecule has 94 valence electrons. The van der Waals surface area contributed by atoms with Gasteiger partial charge < -0.3 is 10.5 Å². The number of benzene rings is 3. The zero-order valence-corrected chi connectivity index (χ0v) is 10.9. The van der Waals surface area contributed by atoms with Crippen molar-refractivity contribution < 1.29 is 4.74 Å². The van der Waals surface area contributed by atoms with Gasteiger partial charge in [-0.3, -0.25) is 0 Å². The summed E-state index contributed by atoms with van der Waals surface area (Å²) in [5.74, 6) is 1.48. The number of hydrogen-bond acceptors (Lipinski definition) is 2. The van der Waals surface area contributed by atoms with Crippen LogP contribution in [0.1, 0.15) is 0 Å². The van der Waals surface area contributed by atoms with E-state index in [9.17, 15) is 0 Å². The van der Waals surface area contributed by atoms with Crippen LogP contribution in [0.25, 0.3) is 10.8 Å². The molecule has 3 rings (SSSR count). The van der Waals surface area contributed by atoms with E-state index in [0.29, 0.717) is 16.5 Å². The molecule has 3 aromatic rings. The standard InChI is InChI=1S/C16H12ClNO/c17-14-10-12(8-9-15(14)18)19-16-7-3-5-11-4-1-2-6-13(11)16/h1-10H,18H2. The summed E-state index contributed by atoms with van der Waals surface area (Å²) >= 11 is 5.99. The number of ether oxygens (including phenoxy) is 1. The molecule has 3 heteroatoms. The molecule has 0 atom stereocenters. The van der Waals surface area contributed by atoms with Crippen molar-refractivity contribution in [1.29, 1.82) is 0 Å². The minimum absolute atomic E-state index is 0.498. The lowest BCUT2D eigenvalue weighted by Gasteiger charge is -2.09. The lowest BCUT2D eigenvalue weighted by atomic mass is 10.1. The number of nitrogens with two attached hydrogens (primary N) is 1. The molecule has 0 radical (unpaired) electrons.